The van der Waals surface area contributed by atoms with Gasteiger partial charge in [-0.1, -0.05) is 45.4 Å². The number of para-hydroxylation sites is 1. The van der Waals surface area contributed by atoms with E-state index in [2.05, 4.69) is 26.1 Å². The van der Waals surface area contributed by atoms with Crippen molar-refractivity contribution in [2.75, 3.05) is 11.9 Å². The van der Waals surface area contributed by atoms with Crippen LogP contribution in [0.15, 0.2) is 51.7 Å². The number of anilines is 1. The Balaban J connectivity index is 1.74. The van der Waals surface area contributed by atoms with Crippen molar-refractivity contribution in [3.05, 3.63) is 69.6 Å². The minimum absolute atomic E-state index is 0.129. The lowest BCUT2D eigenvalue weighted by Gasteiger charge is -2.16. The number of aryl methyl sites for hydroxylation is 2. The molecule has 0 aliphatic heterocycles. The van der Waals surface area contributed by atoms with Gasteiger partial charge in [-0.3, -0.25) is 4.79 Å². The van der Waals surface area contributed by atoms with Crippen molar-refractivity contribution in [2.45, 2.75) is 46.5 Å². The van der Waals surface area contributed by atoms with Gasteiger partial charge in [0.05, 0.1) is 0 Å². The van der Waals surface area contributed by atoms with Crippen LogP contribution in [-0.2, 0) is 11.2 Å². The molecule has 0 saturated carbocycles. The van der Waals surface area contributed by atoms with Crippen LogP contribution in [0.2, 0.25) is 0 Å². The lowest BCUT2D eigenvalue weighted by Crippen LogP contribution is -2.21. The zero-order chi connectivity index (χ0) is 21.0. The van der Waals surface area contributed by atoms with Crippen LogP contribution in [0.3, 0.4) is 0 Å². The first kappa shape index (κ1) is 20.6. The van der Waals surface area contributed by atoms with Crippen molar-refractivity contribution < 1.29 is 13.9 Å². The summed E-state index contributed by atoms with van der Waals surface area (Å²) in [5, 5.41) is 3.86. The van der Waals surface area contributed by atoms with Gasteiger partial charge in [0.2, 0.25) is 0 Å². The summed E-state index contributed by atoms with van der Waals surface area (Å²) in [4.78, 5) is 24.3. The van der Waals surface area contributed by atoms with E-state index >= 15 is 0 Å². The van der Waals surface area contributed by atoms with Crippen LogP contribution < -0.4 is 15.7 Å². The van der Waals surface area contributed by atoms with E-state index in [0.717, 1.165) is 40.6 Å². The van der Waals surface area contributed by atoms with Crippen LogP contribution in [0.25, 0.3) is 11.0 Å². The molecule has 0 radical (unpaired) electrons. The molecule has 0 bridgehead atoms. The quantitative estimate of drug-likeness (QED) is 0.561. The van der Waals surface area contributed by atoms with Crippen molar-refractivity contribution >= 4 is 22.6 Å². The molecule has 0 spiro atoms. The zero-order valence-electron chi connectivity index (χ0n) is 17.4. The highest BCUT2D eigenvalue weighted by Gasteiger charge is 2.13. The number of fused-ring (bicyclic) bond motifs is 1. The molecule has 1 amide bonds. The molecule has 0 unspecified atom stereocenters. The van der Waals surface area contributed by atoms with Crippen molar-refractivity contribution in [1.29, 1.82) is 0 Å². The first-order valence-corrected chi connectivity index (χ1v) is 9.98. The Bertz CT molecular complexity index is 1080. The molecule has 5 heteroatoms. The smallest absolute Gasteiger partial charge is 0.336 e. The number of hydrogen-bond acceptors (Lipinski definition) is 4. The summed E-state index contributed by atoms with van der Waals surface area (Å²) in [5.74, 6) is 0.549. The van der Waals surface area contributed by atoms with Crippen molar-refractivity contribution in [3.8, 4) is 5.75 Å². The summed E-state index contributed by atoms with van der Waals surface area (Å²) in [6, 6.07) is 12.9. The Labute approximate surface area is 170 Å². The SMILES string of the molecule is CCCc1cc(=O)oc2cc(OCC(=O)Nc3c(C)cccc3C(C)C)ccc12. The molecule has 0 atom stereocenters. The summed E-state index contributed by atoms with van der Waals surface area (Å²) >= 11 is 0. The van der Waals surface area contributed by atoms with Gasteiger partial charge >= 0.3 is 5.63 Å². The summed E-state index contributed by atoms with van der Waals surface area (Å²) in [6.07, 6.45) is 1.74. The van der Waals surface area contributed by atoms with E-state index < -0.39 is 0 Å². The minimum atomic E-state index is -0.378. The molecular formula is C24H27NO4. The predicted molar refractivity (Wildman–Crippen MR) is 116 cm³/mol. The highest BCUT2D eigenvalue weighted by Crippen LogP contribution is 2.27. The maximum atomic E-state index is 12.5. The van der Waals surface area contributed by atoms with Gasteiger partial charge in [0, 0.05) is 23.2 Å². The average Bonchev–Trinajstić information content (AvgIpc) is 2.67. The maximum absolute atomic E-state index is 12.5. The average molecular weight is 393 g/mol. The first-order valence-electron chi connectivity index (χ1n) is 9.98. The fraction of sp³-hybridized carbons (Fsp3) is 0.333. The summed E-state index contributed by atoms with van der Waals surface area (Å²) in [5.41, 5.74) is 4.00. The van der Waals surface area contributed by atoms with Gasteiger partial charge in [0.1, 0.15) is 11.3 Å². The van der Waals surface area contributed by atoms with E-state index in [9.17, 15) is 9.59 Å². The third-order valence-electron chi connectivity index (χ3n) is 4.88. The van der Waals surface area contributed by atoms with E-state index in [0.29, 0.717) is 17.3 Å². The van der Waals surface area contributed by atoms with Crippen LogP contribution in [0.4, 0.5) is 5.69 Å². The Hall–Kier alpha value is -3.08. The lowest BCUT2D eigenvalue weighted by atomic mass is 9.98. The second-order valence-electron chi connectivity index (χ2n) is 7.53. The summed E-state index contributed by atoms with van der Waals surface area (Å²) in [6.45, 7) is 8.10. The number of carbonyl (C=O) groups is 1. The fourth-order valence-electron chi connectivity index (χ4n) is 3.44. The molecule has 1 aromatic heterocycles. The number of ether oxygens (including phenoxy) is 1. The van der Waals surface area contributed by atoms with Gasteiger partial charge < -0.3 is 14.5 Å². The highest BCUT2D eigenvalue weighted by molar-refractivity contribution is 5.93. The van der Waals surface area contributed by atoms with E-state index in [1.807, 2.05) is 31.2 Å². The number of hydrogen-bond donors (Lipinski definition) is 1. The molecule has 1 heterocycles. The molecule has 5 nitrogen and oxygen atoms in total. The number of benzene rings is 2. The van der Waals surface area contributed by atoms with E-state index in [1.54, 1.807) is 12.1 Å². The second-order valence-corrected chi connectivity index (χ2v) is 7.53. The number of carbonyl (C=O) groups excluding carboxylic acids is 1. The Kier molecular flexibility index (Phi) is 6.37. The van der Waals surface area contributed by atoms with Gasteiger partial charge in [-0.25, -0.2) is 4.79 Å². The number of amides is 1. The van der Waals surface area contributed by atoms with Crippen molar-refractivity contribution in [1.82, 2.24) is 0 Å². The molecule has 3 rings (SSSR count). The van der Waals surface area contributed by atoms with Crippen LogP contribution in [0.1, 0.15) is 49.8 Å². The maximum Gasteiger partial charge on any atom is 0.336 e. The van der Waals surface area contributed by atoms with E-state index in [4.69, 9.17) is 9.15 Å². The fourth-order valence-corrected chi connectivity index (χ4v) is 3.44. The topological polar surface area (TPSA) is 68.5 Å². The molecule has 152 valence electrons. The molecule has 0 saturated heterocycles. The molecule has 3 aromatic rings. The Morgan fingerprint density at radius 2 is 1.97 bits per heavy atom. The number of nitrogens with one attached hydrogen (secondary N) is 1. The van der Waals surface area contributed by atoms with Gasteiger partial charge in [0.15, 0.2) is 6.61 Å². The van der Waals surface area contributed by atoms with Crippen molar-refractivity contribution in [3.63, 3.8) is 0 Å². The van der Waals surface area contributed by atoms with Gasteiger partial charge in [-0.15, -0.1) is 0 Å². The molecule has 0 aliphatic rings. The molecule has 1 N–H and O–H groups in total. The molecular weight excluding hydrogens is 366 g/mol. The van der Waals surface area contributed by atoms with Crippen LogP contribution in [-0.4, -0.2) is 12.5 Å². The molecule has 0 aliphatic carbocycles. The van der Waals surface area contributed by atoms with Crippen LogP contribution in [0, 0.1) is 6.92 Å². The minimum Gasteiger partial charge on any atom is -0.484 e. The zero-order valence-corrected chi connectivity index (χ0v) is 17.4. The van der Waals surface area contributed by atoms with E-state index in [1.165, 1.54) is 6.07 Å². The number of rotatable bonds is 7. The Morgan fingerprint density at radius 3 is 2.69 bits per heavy atom. The second kappa shape index (κ2) is 8.95. The van der Waals surface area contributed by atoms with Gasteiger partial charge in [0.25, 0.3) is 5.91 Å². The highest BCUT2D eigenvalue weighted by atomic mass is 16.5. The van der Waals surface area contributed by atoms with Crippen LogP contribution >= 0.6 is 0 Å². The van der Waals surface area contributed by atoms with Gasteiger partial charge in [-0.2, -0.15) is 0 Å². The van der Waals surface area contributed by atoms with Crippen LogP contribution in [0.5, 0.6) is 5.75 Å². The third kappa shape index (κ3) is 4.86. The third-order valence-corrected chi connectivity index (χ3v) is 4.88. The molecule has 29 heavy (non-hydrogen) atoms. The summed E-state index contributed by atoms with van der Waals surface area (Å²) in [7, 11) is 0. The standard InChI is InChI=1S/C24H27NO4/c1-5-7-17-12-23(27)29-21-13-18(10-11-20(17)21)28-14-22(26)25-24-16(4)8-6-9-19(24)15(2)3/h6,8-13,15H,5,7,14H2,1-4H3,(H,25,26). The Morgan fingerprint density at radius 1 is 1.17 bits per heavy atom. The van der Waals surface area contributed by atoms with Crippen molar-refractivity contribution in [2.24, 2.45) is 0 Å². The molecule has 2 aromatic carbocycles. The lowest BCUT2D eigenvalue weighted by molar-refractivity contribution is -0.118. The monoisotopic (exact) mass is 393 g/mol. The molecule has 0 fully saturated rings. The van der Waals surface area contributed by atoms with E-state index in [-0.39, 0.29) is 18.1 Å². The predicted octanol–water partition coefficient (Wildman–Crippen LogP) is 5.19. The first-order chi connectivity index (χ1) is 13.9. The van der Waals surface area contributed by atoms with Gasteiger partial charge in [-0.05, 0) is 48.1 Å². The summed E-state index contributed by atoms with van der Waals surface area (Å²) < 4.78 is 11.0. The normalized spacial score (nSPS) is 11.1. The largest absolute Gasteiger partial charge is 0.484 e.